The molecule has 5 nitrogen and oxygen atoms in total. The zero-order valence-electron chi connectivity index (χ0n) is 15.6. The zero-order valence-corrected chi connectivity index (χ0v) is 15.6. The lowest BCUT2D eigenvalue weighted by Gasteiger charge is -2.28. The second kappa shape index (κ2) is 13.2. The van der Waals surface area contributed by atoms with E-state index in [0.29, 0.717) is 0 Å². The fourth-order valence-electron chi connectivity index (χ4n) is 2.51. The van der Waals surface area contributed by atoms with E-state index in [1.54, 1.807) is 0 Å². The summed E-state index contributed by atoms with van der Waals surface area (Å²) >= 11 is 0. The quantitative estimate of drug-likeness (QED) is 0.456. The van der Waals surface area contributed by atoms with Crippen LogP contribution in [0.5, 0.6) is 0 Å². The fourth-order valence-corrected chi connectivity index (χ4v) is 2.51. The second-order valence-corrected chi connectivity index (χ2v) is 5.08. The van der Waals surface area contributed by atoms with Gasteiger partial charge in [0, 0.05) is 31.9 Å². The number of hydrogen-bond donors (Lipinski definition) is 3. The first-order chi connectivity index (χ1) is 11.2. The van der Waals surface area contributed by atoms with Crippen LogP contribution < -0.4 is 16.2 Å². The number of aliphatic hydroxyl groups excluding tert-OH is 1. The molecule has 1 rings (SSSR count). The second-order valence-electron chi connectivity index (χ2n) is 5.08. The van der Waals surface area contributed by atoms with E-state index in [2.05, 4.69) is 48.1 Å². The van der Waals surface area contributed by atoms with Gasteiger partial charge in [-0.05, 0) is 43.7 Å². The number of anilines is 2. The van der Waals surface area contributed by atoms with Crippen LogP contribution in [-0.2, 0) is 6.42 Å². The number of hydrogen-bond acceptors (Lipinski definition) is 5. The minimum atomic E-state index is 0.219. The molecule has 0 fully saturated rings. The van der Waals surface area contributed by atoms with E-state index in [4.69, 9.17) is 10.9 Å². The predicted octanol–water partition coefficient (Wildman–Crippen LogP) is 2.70. The lowest BCUT2D eigenvalue weighted by Crippen LogP contribution is -2.36. The van der Waals surface area contributed by atoms with Crippen LogP contribution >= 0.6 is 0 Å². The van der Waals surface area contributed by atoms with Crippen LogP contribution in [0.1, 0.15) is 40.2 Å². The smallest absolute Gasteiger partial charge is 0.0558 e. The molecule has 1 aromatic rings. The van der Waals surface area contributed by atoms with Crippen molar-refractivity contribution in [1.82, 2.24) is 4.90 Å². The molecule has 0 radical (unpaired) electrons. The molecular weight excluding hydrogens is 288 g/mol. The highest BCUT2D eigenvalue weighted by Gasteiger charge is 2.09. The van der Waals surface area contributed by atoms with Crippen LogP contribution in [0.3, 0.4) is 0 Å². The van der Waals surface area contributed by atoms with Gasteiger partial charge in [-0.2, -0.15) is 0 Å². The molecule has 0 aromatic heterocycles. The Balaban J connectivity index is 0.00000232. The maximum absolute atomic E-state index is 9.06. The van der Waals surface area contributed by atoms with E-state index >= 15 is 0 Å². The molecule has 0 amide bonds. The Hall–Kier alpha value is -1.30. The van der Waals surface area contributed by atoms with Gasteiger partial charge in [-0.1, -0.05) is 27.7 Å². The summed E-state index contributed by atoms with van der Waals surface area (Å²) in [5.74, 6) is 5.54. The van der Waals surface area contributed by atoms with Crippen molar-refractivity contribution in [1.29, 1.82) is 0 Å². The van der Waals surface area contributed by atoms with Crippen LogP contribution in [0.15, 0.2) is 18.2 Å². The summed E-state index contributed by atoms with van der Waals surface area (Å²) in [6, 6.07) is 6.36. The molecule has 0 aliphatic carbocycles. The topological polar surface area (TPSA) is 64.8 Å². The van der Waals surface area contributed by atoms with Gasteiger partial charge in [-0.3, -0.25) is 10.7 Å². The minimum absolute atomic E-state index is 0.219. The Morgan fingerprint density at radius 2 is 1.74 bits per heavy atom. The molecule has 0 heterocycles. The van der Waals surface area contributed by atoms with Crippen LogP contribution in [0, 0.1) is 0 Å². The first-order valence-corrected chi connectivity index (χ1v) is 8.87. The molecule has 0 bridgehead atoms. The third-order valence-electron chi connectivity index (χ3n) is 3.92. The Morgan fingerprint density at radius 1 is 1.04 bits per heavy atom. The predicted molar refractivity (Wildman–Crippen MR) is 102 cm³/mol. The third kappa shape index (κ3) is 7.20. The normalized spacial score (nSPS) is 10.3. The summed E-state index contributed by atoms with van der Waals surface area (Å²) in [5.41, 5.74) is 6.21. The lowest BCUT2D eigenvalue weighted by molar-refractivity contribution is 0.204. The molecule has 0 aliphatic heterocycles. The summed E-state index contributed by atoms with van der Waals surface area (Å²) in [5, 5.41) is 9.06. The molecule has 0 aliphatic rings. The first-order valence-electron chi connectivity index (χ1n) is 8.87. The van der Waals surface area contributed by atoms with E-state index < -0.39 is 0 Å². The Morgan fingerprint density at radius 3 is 2.22 bits per heavy atom. The van der Waals surface area contributed by atoms with E-state index in [0.717, 1.165) is 44.8 Å². The van der Waals surface area contributed by atoms with Crippen LogP contribution in [0.2, 0.25) is 0 Å². The number of nitrogens with zero attached hydrogens (tertiary/aromatic N) is 2. The Kier molecular flexibility index (Phi) is 12.4. The number of rotatable bonds is 10. The minimum Gasteiger partial charge on any atom is -0.395 e. The Labute approximate surface area is 142 Å². The van der Waals surface area contributed by atoms with Gasteiger partial charge in [0.2, 0.25) is 0 Å². The van der Waals surface area contributed by atoms with Crippen LogP contribution in [0.25, 0.3) is 0 Å². The first kappa shape index (κ1) is 21.7. The highest BCUT2D eigenvalue weighted by atomic mass is 16.3. The number of aryl methyl sites for hydroxylation is 1. The van der Waals surface area contributed by atoms with Crippen molar-refractivity contribution in [2.45, 2.75) is 41.0 Å². The van der Waals surface area contributed by atoms with E-state index in [1.165, 1.54) is 11.3 Å². The van der Waals surface area contributed by atoms with Gasteiger partial charge in [0.25, 0.3) is 0 Å². The summed E-state index contributed by atoms with van der Waals surface area (Å²) in [7, 11) is 0. The number of nitrogens with two attached hydrogens (primary N) is 1. The van der Waals surface area contributed by atoms with Crippen molar-refractivity contribution < 1.29 is 5.11 Å². The van der Waals surface area contributed by atoms with Crippen molar-refractivity contribution in [2.75, 3.05) is 49.7 Å². The Bertz CT molecular complexity index is 412. The molecule has 0 unspecified atom stereocenters. The SMILES string of the molecule is CC.CCc1cc(N(CC)CCN(CC)CCO)ccc1NN. The molecule has 0 spiro atoms. The van der Waals surface area contributed by atoms with Crippen LogP contribution in [0.4, 0.5) is 11.4 Å². The lowest BCUT2D eigenvalue weighted by atomic mass is 10.1. The number of hydrazine groups is 1. The number of nitrogen functional groups attached to an aromatic ring is 1. The van der Waals surface area contributed by atoms with Gasteiger partial charge in [0.05, 0.1) is 12.3 Å². The highest BCUT2D eigenvalue weighted by molar-refractivity contribution is 5.60. The maximum atomic E-state index is 9.06. The molecule has 0 saturated heterocycles. The third-order valence-corrected chi connectivity index (χ3v) is 3.92. The highest BCUT2D eigenvalue weighted by Crippen LogP contribution is 2.23. The summed E-state index contributed by atoms with van der Waals surface area (Å²) in [6.07, 6.45) is 0.955. The van der Waals surface area contributed by atoms with Crippen molar-refractivity contribution in [3.05, 3.63) is 23.8 Å². The molecule has 4 N–H and O–H groups in total. The number of likely N-dealkylation sites (N-methyl/N-ethyl adjacent to an activating group) is 2. The van der Waals surface area contributed by atoms with Crippen molar-refractivity contribution in [2.24, 2.45) is 5.84 Å². The number of benzene rings is 1. The summed E-state index contributed by atoms with van der Waals surface area (Å²) in [6.45, 7) is 15.2. The van der Waals surface area contributed by atoms with Gasteiger partial charge in [-0.25, -0.2) is 0 Å². The monoisotopic (exact) mass is 324 g/mol. The van der Waals surface area contributed by atoms with E-state index in [9.17, 15) is 0 Å². The molecule has 23 heavy (non-hydrogen) atoms. The summed E-state index contributed by atoms with van der Waals surface area (Å²) in [4.78, 5) is 4.62. The molecule has 0 atom stereocenters. The van der Waals surface area contributed by atoms with Gasteiger partial charge in [0.15, 0.2) is 0 Å². The number of aliphatic hydroxyl groups is 1. The largest absolute Gasteiger partial charge is 0.395 e. The van der Waals surface area contributed by atoms with E-state index in [1.807, 2.05) is 19.9 Å². The van der Waals surface area contributed by atoms with Crippen molar-refractivity contribution >= 4 is 11.4 Å². The molecule has 1 aromatic carbocycles. The number of nitrogens with one attached hydrogen (secondary N) is 1. The van der Waals surface area contributed by atoms with Gasteiger partial charge in [-0.15, -0.1) is 0 Å². The zero-order chi connectivity index (χ0) is 17.7. The summed E-state index contributed by atoms with van der Waals surface area (Å²) < 4.78 is 0. The standard InChI is InChI=1S/C16H30N4O.C2H6/c1-4-14-13-15(7-8-16(14)18-17)20(6-3)10-9-19(5-2)11-12-21;1-2/h7-8,13,18,21H,4-6,9-12,17H2,1-3H3;1-2H3. The molecule has 0 saturated carbocycles. The average Bonchev–Trinajstić information content (AvgIpc) is 2.62. The van der Waals surface area contributed by atoms with Gasteiger partial charge < -0.3 is 15.4 Å². The fraction of sp³-hybridized carbons (Fsp3) is 0.667. The van der Waals surface area contributed by atoms with Crippen molar-refractivity contribution in [3.63, 3.8) is 0 Å². The van der Waals surface area contributed by atoms with Gasteiger partial charge >= 0.3 is 0 Å². The molecular formula is C18H36N4O. The van der Waals surface area contributed by atoms with Gasteiger partial charge in [0.1, 0.15) is 0 Å². The van der Waals surface area contributed by atoms with E-state index in [-0.39, 0.29) is 6.61 Å². The maximum Gasteiger partial charge on any atom is 0.0558 e. The van der Waals surface area contributed by atoms with Crippen LogP contribution in [-0.4, -0.2) is 49.3 Å². The average molecular weight is 325 g/mol. The molecule has 5 heteroatoms. The van der Waals surface area contributed by atoms with Crippen molar-refractivity contribution in [3.8, 4) is 0 Å². The molecule has 134 valence electrons.